The molecule has 25 heavy (non-hydrogen) atoms. The third-order valence-electron chi connectivity index (χ3n) is 3.91. The molecule has 1 amide bonds. The molecule has 1 aromatic rings. The van der Waals surface area contributed by atoms with Crippen LogP contribution in [0.15, 0.2) is 18.2 Å². The van der Waals surface area contributed by atoms with Gasteiger partial charge in [0.15, 0.2) is 0 Å². The van der Waals surface area contributed by atoms with Gasteiger partial charge in [-0.15, -0.1) is 0 Å². The third-order valence-corrected chi connectivity index (χ3v) is 3.91. The van der Waals surface area contributed by atoms with Gasteiger partial charge in [-0.05, 0) is 45.7 Å². The van der Waals surface area contributed by atoms with Crippen LogP contribution in [-0.2, 0) is 4.74 Å². The van der Waals surface area contributed by atoms with Crippen molar-refractivity contribution < 1.29 is 19.2 Å². The number of nitro benzene ring substituents is 1. The summed E-state index contributed by atoms with van der Waals surface area (Å²) >= 11 is 0. The topological polar surface area (TPSA) is 93.9 Å². The highest BCUT2D eigenvalue weighted by atomic mass is 16.6. The van der Waals surface area contributed by atoms with Gasteiger partial charge in [-0.2, -0.15) is 0 Å². The summed E-state index contributed by atoms with van der Waals surface area (Å²) in [6, 6.07) is 4.80. The number of carbonyl (C=O) groups is 1. The first kappa shape index (κ1) is 18.8. The Morgan fingerprint density at radius 3 is 2.48 bits per heavy atom. The van der Waals surface area contributed by atoms with Crippen molar-refractivity contribution >= 4 is 17.5 Å². The summed E-state index contributed by atoms with van der Waals surface area (Å²) in [6.45, 7) is 6.61. The number of nitrogens with zero attached hydrogens (tertiary/aromatic N) is 2. The van der Waals surface area contributed by atoms with Crippen LogP contribution in [0.4, 0.5) is 16.2 Å². The lowest BCUT2D eigenvalue weighted by atomic mass is 10.0. The number of likely N-dealkylation sites (tertiary alicyclic amines) is 1. The molecule has 0 unspecified atom stereocenters. The number of piperidine rings is 1. The molecule has 0 saturated carbocycles. The van der Waals surface area contributed by atoms with Gasteiger partial charge in [0.05, 0.1) is 18.1 Å². The van der Waals surface area contributed by atoms with Crippen LogP contribution in [0.5, 0.6) is 5.75 Å². The fourth-order valence-electron chi connectivity index (χ4n) is 2.66. The highest BCUT2D eigenvalue weighted by Crippen LogP contribution is 2.30. The second kappa shape index (κ2) is 7.58. The van der Waals surface area contributed by atoms with Gasteiger partial charge in [-0.1, -0.05) is 0 Å². The molecule has 1 aliphatic rings. The van der Waals surface area contributed by atoms with Crippen molar-refractivity contribution in [3.05, 3.63) is 28.3 Å². The number of nitrogens with one attached hydrogen (secondary N) is 1. The molecule has 1 aromatic carbocycles. The fourth-order valence-corrected chi connectivity index (χ4v) is 2.66. The van der Waals surface area contributed by atoms with E-state index in [0.717, 1.165) is 0 Å². The maximum atomic E-state index is 12.1. The van der Waals surface area contributed by atoms with E-state index in [1.54, 1.807) is 17.0 Å². The van der Waals surface area contributed by atoms with E-state index in [1.807, 2.05) is 20.8 Å². The summed E-state index contributed by atoms with van der Waals surface area (Å²) < 4.78 is 10.4. The van der Waals surface area contributed by atoms with Crippen molar-refractivity contribution in [3.63, 3.8) is 0 Å². The quantitative estimate of drug-likeness (QED) is 0.660. The summed E-state index contributed by atoms with van der Waals surface area (Å²) in [7, 11) is 1.47. The number of hydrogen-bond acceptors (Lipinski definition) is 6. The minimum absolute atomic E-state index is 0.0195. The Balaban J connectivity index is 1.96. The molecule has 8 heteroatoms. The van der Waals surface area contributed by atoms with Crippen molar-refractivity contribution in [3.8, 4) is 5.75 Å². The average molecular weight is 351 g/mol. The van der Waals surface area contributed by atoms with Crippen molar-refractivity contribution in [1.82, 2.24) is 4.90 Å². The minimum Gasteiger partial charge on any atom is -0.496 e. The lowest BCUT2D eigenvalue weighted by molar-refractivity contribution is -0.384. The molecule has 8 nitrogen and oxygen atoms in total. The fraction of sp³-hybridized carbons (Fsp3) is 0.588. The zero-order chi connectivity index (χ0) is 18.6. The predicted octanol–water partition coefficient (Wildman–Crippen LogP) is 3.41. The number of ether oxygens (including phenoxy) is 2. The number of carbonyl (C=O) groups excluding carboxylic acids is 1. The zero-order valence-corrected chi connectivity index (χ0v) is 15.1. The van der Waals surface area contributed by atoms with Crippen LogP contribution in [-0.4, -0.2) is 47.8 Å². The summed E-state index contributed by atoms with van der Waals surface area (Å²) in [6.07, 6.45) is 1.08. The average Bonchev–Trinajstić information content (AvgIpc) is 2.54. The number of amides is 1. The van der Waals surface area contributed by atoms with E-state index in [1.165, 1.54) is 13.2 Å². The summed E-state index contributed by atoms with van der Waals surface area (Å²) in [5.41, 5.74) is -0.0777. The van der Waals surface area contributed by atoms with Gasteiger partial charge < -0.3 is 19.7 Å². The standard InChI is InChI=1S/C17H25N3O5/c1-17(2,3)25-16(21)19-9-7-12(8-10-19)18-14-6-5-13(24-4)11-15(14)20(22)23/h5-6,11-12,18H,7-10H2,1-4H3. The van der Waals surface area contributed by atoms with Crippen molar-refractivity contribution in [2.75, 3.05) is 25.5 Å². The third kappa shape index (κ3) is 5.23. The first-order valence-electron chi connectivity index (χ1n) is 8.26. The summed E-state index contributed by atoms with van der Waals surface area (Å²) in [4.78, 5) is 24.6. The van der Waals surface area contributed by atoms with Gasteiger partial charge in [-0.3, -0.25) is 10.1 Å². The Morgan fingerprint density at radius 1 is 1.32 bits per heavy atom. The molecule has 1 aliphatic heterocycles. The Labute approximate surface area is 147 Å². The van der Waals surface area contributed by atoms with Crippen LogP contribution in [0.3, 0.4) is 0 Å². The number of methoxy groups -OCH3 is 1. The monoisotopic (exact) mass is 351 g/mol. The maximum absolute atomic E-state index is 12.1. The molecule has 0 radical (unpaired) electrons. The first-order chi connectivity index (χ1) is 11.7. The van der Waals surface area contributed by atoms with Crippen LogP contribution in [0.2, 0.25) is 0 Å². The lowest BCUT2D eigenvalue weighted by Gasteiger charge is -2.34. The van der Waals surface area contributed by atoms with Crippen molar-refractivity contribution in [1.29, 1.82) is 0 Å². The van der Waals surface area contributed by atoms with Gasteiger partial charge >= 0.3 is 6.09 Å². The highest BCUT2D eigenvalue weighted by molar-refractivity contribution is 5.68. The van der Waals surface area contributed by atoms with Crippen LogP contribution < -0.4 is 10.1 Å². The zero-order valence-electron chi connectivity index (χ0n) is 15.1. The smallest absolute Gasteiger partial charge is 0.410 e. The summed E-state index contributed by atoms with van der Waals surface area (Å²) in [5.74, 6) is 0.442. The van der Waals surface area contributed by atoms with Crippen LogP contribution in [0.25, 0.3) is 0 Å². The Kier molecular flexibility index (Phi) is 5.71. The van der Waals surface area contributed by atoms with E-state index in [2.05, 4.69) is 5.32 Å². The first-order valence-corrected chi connectivity index (χ1v) is 8.26. The van der Waals surface area contributed by atoms with E-state index in [4.69, 9.17) is 9.47 Å². The second-order valence-electron chi connectivity index (χ2n) is 7.03. The molecule has 0 bridgehead atoms. The number of benzene rings is 1. The van der Waals surface area contributed by atoms with Gasteiger partial charge in [0.2, 0.25) is 0 Å². The number of hydrogen-bond donors (Lipinski definition) is 1. The molecular weight excluding hydrogens is 326 g/mol. The van der Waals surface area contributed by atoms with E-state index >= 15 is 0 Å². The van der Waals surface area contributed by atoms with Gasteiger partial charge in [0.25, 0.3) is 5.69 Å². The second-order valence-corrected chi connectivity index (χ2v) is 7.03. The minimum atomic E-state index is -0.518. The number of anilines is 1. The molecular formula is C17H25N3O5. The normalized spacial score (nSPS) is 15.6. The van der Waals surface area contributed by atoms with Gasteiger partial charge in [-0.25, -0.2) is 4.79 Å². The highest BCUT2D eigenvalue weighted by Gasteiger charge is 2.28. The molecule has 2 rings (SSSR count). The van der Waals surface area contributed by atoms with Crippen LogP contribution in [0.1, 0.15) is 33.6 Å². The largest absolute Gasteiger partial charge is 0.496 e. The number of rotatable bonds is 4. The Hall–Kier alpha value is -2.51. The Morgan fingerprint density at radius 2 is 1.96 bits per heavy atom. The molecule has 1 heterocycles. The molecule has 1 saturated heterocycles. The van der Waals surface area contributed by atoms with Gasteiger partial charge in [0.1, 0.15) is 17.0 Å². The maximum Gasteiger partial charge on any atom is 0.410 e. The summed E-state index contributed by atoms with van der Waals surface area (Å²) in [5, 5.41) is 14.5. The number of nitro groups is 1. The van der Waals surface area contributed by atoms with E-state index in [9.17, 15) is 14.9 Å². The van der Waals surface area contributed by atoms with Crippen LogP contribution in [0, 0.1) is 10.1 Å². The van der Waals surface area contributed by atoms with E-state index in [0.29, 0.717) is 37.4 Å². The van der Waals surface area contributed by atoms with Gasteiger partial charge in [0, 0.05) is 19.1 Å². The molecule has 138 valence electrons. The lowest BCUT2D eigenvalue weighted by Crippen LogP contribution is -2.44. The van der Waals surface area contributed by atoms with Crippen molar-refractivity contribution in [2.45, 2.75) is 45.3 Å². The molecule has 1 fully saturated rings. The van der Waals surface area contributed by atoms with Crippen molar-refractivity contribution in [2.24, 2.45) is 0 Å². The molecule has 0 aliphatic carbocycles. The molecule has 1 N–H and O–H groups in total. The molecule has 0 atom stereocenters. The molecule has 0 spiro atoms. The SMILES string of the molecule is COc1ccc(NC2CCN(C(=O)OC(C)(C)C)CC2)c([N+](=O)[O-])c1. The predicted molar refractivity (Wildman–Crippen MR) is 94.1 cm³/mol. The molecule has 0 aromatic heterocycles. The van der Waals surface area contributed by atoms with E-state index in [-0.39, 0.29) is 17.8 Å². The van der Waals surface area contributed by atoms with Crippen LogP contribution >= 0.6 is 0 Å². The Bertz CT molecular complexity index is 634. The van der Waals surface area contributed by atoms with E-state index < -0.39 is 10.5 Å².